The Kier molecular flexibility index (Phi) is 5.61. The maximum Gasteiger partial charge on any atom is 0.188 e. The second-order valence-electron chi connectivity index (χ2n) is 5.31. The highest BCUT2D eigenvalue weighted by Gasteiger charge is 2.23. The first-order chi connectivity index (χ1) is 9.66. The summed E-state index contributed by atoms with van der Waals surface area (Å²) in [5.41, 5.74) is 6.96. The monoisotopic (exact) mass is 292 g/mol. The van der Waals surface area contributed by atoms with Crippen molar-refractivity contribution in [3.8, 4) is 0 Å². The Morgan fingerprint density at radius 3 is 2.90 bits per heavy atom. The van der Waals surface area contributed by atoms with Crippen LogP contribution in [0.2, 0.25) is 0 Å². The molecule has 0 radical (unpaired) electrons. The summed E-state index contributed by atoms with van der Waals surface area (Å²) >= 11 is 1.80. The molecule has 1 aromatic heterocycles. The van der Waals surface area contributed by atoms with E-state index >= 15 is 0 Å². The van der Waals surface area contributed by atoms with Crippen molar-refractivity contribution in [2.24, 2.45) is 10.7 Å². The average Bonchev–Trinajstić information content (AvgIpc) is 3.09. The topological polar surface area (TPSA) is 53.6 Å². The van der Waals surface area contributed by atoms with E-state index in [9.17, 15) is 0 Å². The number of rotatable bonds is 6. The fourth-order valence-corrected chi connectivity index (χ4v) is 3.25. The predicted octanol–water partition coefficient (Wildman–Crippen LogP) is 2.37. The highest BCUT2D eigenvalue weighted by Crippen LogP contribution is 2.28. The van der Waals surface area contributed by atoms with Crippen molar-refractivity contribution in [3.05, 3.63) is 34.5 Å². The fraction of sp³-hybridized carbons (Fsp3) is 0.533. The quantitative estimate of drug-likeness (QED) is 0.481. The number of guanidine groups is 1. The van der Waals surface area contributed by atoms with Crippen LogP contribution in [0.5, 0.6) is 0 Å². The smallest absolute Gasteiger partial charge is 0.188 e. The Balaban J connectivity index is 1.97. The van der Waals surface area contributed by atoms with Crippen molar-refractivity contribution in [1.29, 1.82) is 0 Å². The maximum absolute atomic E-state index is 5.91. The van der Waals surface area contributed by atoms with E-state index in [1.807, 2.05) is 6.92 Å². The molecule has 110 valence electrons. The fourth-order valence-electron chi connectivity index (χ4n) is 2.40. The molecule has 2 rings (SSSR count). The van der Waals surface area contributed by atoms with Crippen molar-refractivity contribution in [1.82, 2.24) is 10.2 Å². The van der Waals surface area contributed by atoms with Crippen molar-refractivity contribution in [3.63, 3.8) is 0 Å². The van der Waals surface area contributed by atoms with Crippen LogP contribution in [0.4, 0.5) is 0 Å². The summed E-state index contributed by atoms with van der Waals surface area (Å²) in [6.07, 6.45) is 2.57. The Morgan fingerprint density at radius 2 is 2.30 bits per heavy atom. The largest absolute Gasteiger partial charge is 0.370 e. The lowest BCUT2D eigenvalue weighted by atomic mass is 10.2. The highest BCUT2D eigenvalue weighted by atomic mass is 32.1. The normalized spacial score (nSPS) is 18.1. The average molecular weight is 292 g/mol. The minimum absolute atomic E-state index is 0.364. The summed E-state index contributed by atoms with van der Waals surface area (Å²) in [5.74, 6) is 0.508. The van der Waals surface area contributed by atoms with Crippen LogP contribution in [0.15, 0.2) is 34.7 Å². The molecule has 2 heterocycles. The molecule has 0 bridgehead atoms. The van der Waals surface area contributed by atoms with Crippen LogP contribution >= 0.6 is 11.3 Å². The van der Waals surface area contributed by atoms with Crippen LogP contribution in [-0.4, -0.2) is 37.0 Å². The van der Waals surface area contributed by atoms with Gasteiger partial charge in [0, 0.05) is 11.4 Å². The molecule has 1 fully saturated rings. The summed E-state index contributed by atoms with van der Waals surface area (Å²) in [6.45, 7) is 9.55. The molecule has 1 aliphatic heterocycles. The van der Waals surface area contributed by atoms with Gasteiger partial charge in [-0.1, -0.05) is 18.2 Å². The van der Waals surface area contributed by atoms with Crippen LogP contribution < -0.4 is 11.1 Å². The molecule has 4 nitrogen and oxygen atoms in total. The van der Waals surface area contributed by atoms with Crippen LogP contribution in [0.3, 0.4) is 0 Å². The highest BCUT2D eigenvalue weighted by molar-refractivity contribution is 7.10. The molecule has 5 heteroatoms. The van der Waals surface area contributed by atoms with E-state index in [0.29, 0.717) is 18.5 Å². The summed E-state index contributed by atoms with van der Waals surface area (Å²) in [6, 6.07) is 4.67. The number of nitrogens with zero attached hydrogens (tertiary/aromatic N) is 2. The number of thiophene rings is 1. The summed E-state index contributed by atoms with van der Waals surface area (Å²) in [4.78, 5) is 8.40. The predicted molar refractivity (Wildman–Crippen MR) is 87.2 cm³/mol. The minimum Gasteiger partial charge on any atom is -0.370 e. The van der Waals surface area contributed by atoms with Gasteiger partial charge in [0.2, 0.25) is 0 Å². The van der Waals surface area contributed by atoms with Gasteiger partial charge in [-0.2, -0.15) is 0 Å². The van der Waals surface area contributed by atoms with Crippen LogP contribution in [0.25, 0.3) is 0 Å². The molecular formula is C15H24N4S. The number of hydrogen-bond donors (Lipinski definition) is 2. The van der Waals surface area contributed by atoms with E-state index in [-0.39, 0.29) is 0 Å². The molecule has 1 atom stereocenters. The van der Waals surface area contributed by atoms with Gasteiger partial charge in [-0.3, -0.25) is 9.89 Å². The summed E-state index contributed by atoms with van der Waals surface area (Å²) in [7, 11) is 0. The maximum atomic E-state index is 5.91. The lowest BCUT2D eigenvalue weighted by molar-refractivity contribution is 0.255. The lowest BCUT2D eigenvalue weighted by Crippen LogP contribution is -2.34. The van der Waals surface area contributed by atoms with Gasteiger partial charge in [0.15, 0.2) is 5.96 Å². The van der Waals surface area contributed by atoms with E-state index in [0.717, 1.165) is 25.2 Å². The molecule has 0 aliphatic carbocycles. The van der Waals surface area contributed by atoms with Gasteiger partial charge in [0.1, 0.15) is 0 Å². The summed E-state index contributed by atoms with van der Waals surface area (Å²) in [5, 5.41) is 5.22. The van der Waals surface area contributed by atoms with E-state index in [1.165, 1.54) is 17.7 Å². The molecule has 1 aliphatic rings. The number of likely N-dealkylation sites (tertiary alicyclic amines) is 1. The SMILES string of the molecule is C=C(C)CNC(N)=NCC(c1cccs1)N1CCCC1. The molecule has 0 amide bonds. The lowest BCUT2D eigenvalue weighted by Gasteiger charge is -2.25. The Morgan fingerprint density at radius 1 is 1.55 bits per heavy atom. The van der Waals surface area contributed by atoms with E-state index in [4.69, 9.17) is 5.73 Å². The van der Waals surface area contributed by atoms with Crippen molar-refractivity contribution in [2.75, 3.05) is 26.2 Å². The van der Waals surface area contributed by atoms with Gasteiger partial charge in [0.25, 0.3) is 0 Å². The molecule has 3 N–H and O–H groups in total. The molecule has 0 aromatic carbocycles. The minimum atomic E-state index is 0.364. The molecule has 20 heavy (non-hydrogen) atoms. The summed E-state index contributed by atoms with van der Waals surface area (Å²) < 4.78 is 0. The van der Waals surface area contributed by atoms with Crippen molar-refractivity contribution < 1.29 is 0 Å². The number of aliphatic imine (C=N–C) groups is 1. The van der Waals surface area contributed by atoms with Crippen LogP contribution in [0, 0.1) is 0 Å². The van der Waals surface area contributed by atoms with E-state index in [1.54, 1.807) is 11.3 Å². The van der Waals surface area contributed by atoms with Gasteiger partial charge >= 0.3 is 0 Å². The van der Waals surface area contributed by atoms with Gasteiger partial charge in [-0.05, 0) is 44.3 Å². The Hall–Kier alpha value is -1.33. The third-order valence-corrected chi connectivity index (χ3v) is 4.43. The number of nitrogens with one attached hydrogen (secondary N) is 1. The molecule has 1 saturated heterocycles. The van der Waals surface area contributed by atoms with Crippen LogP contribution in [-0.2, 0) is 0 Å². The van der Waals surface area contributed by atoms with E-state index < -0.39 is 0 Å². The second kappa shape index (κ2) is 7.45. The van der Waals surface area contributed by atoms with Crippen molar-refractivity contribution >= 4 is 17.3 Å². The van der Waals surface area contributed by atoms with Crippen molar-refractivity contribution in [2.45, 2.75) is 25.8 Å². The first kappa shape index (κ1) is 15.1. The third kappa shape index (κ3) is 4.35. The zero-order valence-electron chi connectivity index (χ0n) is 12.1. The zero-order chi connectivity index (χ0) is 14.4. The molecule has 0 saturated carbocycles. The molecular weight excluding hydrogens is 268 g/mol. The van der Waals surface area contributed by atoms with E-state index in [2.05, 4.69) is 39.3 Å². The third-order valence-electron chi connectivity index (χ3n) is 3.46. The Labute approximate surface area is 125 Å². The second-order valence-corrected chi connectivity index (χ2v) is 6.29. The first-order valence-electron chi connectivity index (χ1n) is 7.12. The van der Waals surface area contributed by atoms with Gasteiger partial charge in [-0.15, -0.1) is 11.3 Å². The molecule has 1 unspecified atom stereocenters. The zero-order valence-corrected chi connectivity index (χ0v) is 13.0. The number of hydrogen-bond acceptors (Lipinski definition) is 3. The van der Waals surface area contributed by atoms with Gasteiger partial charge < -0.3 is 11.1 Å². The Bertz CT molecular complexity index is 446. The first-order valence-corrected chi connectivity index (χ1v) is 8.00. The molecule has 1 aromatic rings. The standard InChI is InChI=1S/C15H24N4S/c1-12(2)10-17-15(16)18-11-13(14-6-5-9-20-14)19-7-3-4-8-19/h5-6,9,13H,1,3-4,7-8,10-11H2,2H3,(H3,16,17,18). The molecule has 0 spiro atoms. The number of nitrogens with two attached hydrogens (primary N) is 1. The van der Waals surface area contributed by atoms with Gasteiger partial charge in [-0.25, -0.2) is 0 Å². The van der Waals surface area contributed by atoms with Crippen LogP contribution in [0.1, 0.15) is 30.7 Å². The van der Waals surface area contributed by atoms with Gasteiger partial charge in [0.05, 0.1) is 12.6 Å².